The fraction of sp³-hybridized carbons (Fsp3) is 0.400. The summed E-state index contributed by atoms with van der Waals surface area (Å²) >= 11 is 0. The Morgan fingerprint density at radius 2 is 2.00 bits per heavy atom. The molecule has 0 atom stereocenters. The van der Waals surface area contributed by atoms with Gasteiger partial charge in [0.15, 0.2) is 0 Å². The molecule has 4 heteroatoms. The van der Waals surface area contributed by atoms with Crippen LogP contribution in [0.5, 0.6) is 0 Å². The molecule has 1 aromatic heterocycles. The van der Waals surface area contributed by atoms with Crippen molar-refractivity contribution < 1.29 is 4.74 Å². The second-order valence-corrected chi connectivity index (χ2v) is 4.45. The molecule has 2 rings (SSSR count). The molecule has 2 N–H and O–H groups in total. The minimum Gasteiger partial charge on any atom is -0.383 e. The van der Waals surface area contributed by atoms with Crippen molar-refractivity contribution in [2.45, 2.75) is 6.54 Å². The fourth-order valence-electron chi connectivity index (χ4n) is 1.94. The van der Waals surface area contributed by atoms with E-state index in [0.717, 1.165) is 38.3 Å². The number of hydrogen-bond acceptors (Lipinski definition) is 4. The van der Waals surface area contributed by atoms with Crippen LogP contribution in [0, 0.1) is 0 Å². The molecule has 1 aromatic carbocycles. The first kappa shape index (κ1) is 13.9. The summed E-state index contributed by atoms with van der Waals surface area (Å²) in [6.45, 7) is 4.46. The molecular weight excluding hydrogens is 238 g/mol. The van der Waals surface area contributed by atoms with Gasteiger partial charge in [0.25, 0.3) is 0 Å². The van der Waals surface area contributed by atoms with Crippen LogP contribution in [-0.2, 0) is 11.3 Å². The van der Waals surface area contributed by atoms with Crippen LogP contribution in [0.15, 0.2) is 36.5 Å². The van der Waals surface area contributed by atoms with Gasteiger partial charge in [0.1, 0.15) is 0 Å². The lowest BCUT2D eigenvalue weighted by Crippen LogP contribution is -2.29. The van der Waals surface area contributed by atoms with Crippen LogP contribution in [0.3, 0.4) is 0 Å². The molecule has 0 aliphatic heterocycles. The van der Waals surface area contributed by atoms with Gasteiger partial charge in [-0.05, 0) is 23.8 Å². The normalized spacial score (nSPS) is 11.0. The minimum absolute atomic E-state index is 0.762. The van der Waals surface area contributed by atoms with Gasteiger partial charge in [0.05, 0.1) is 12.1 Å². The van der Waals surface area contributed by atoms with E-state index in [4.69, 9.17) is 4.74 Å². The highest BCUT2D eigenvalue weighted by atomic mass is 16.5. The lowest BCUT2D eigenvalue weighted by Gasteiger charge is -2.07. The van der Waals surface area contributed by atoms with Gasteiger partial charge in [-0.15, -0.1) is 0 Å². The van der Waals surface area contributed by atoms with Crippen LogP contribution in [-0.4, -0.2) is 38.3 Å². The van der Waals surface area contributed by atoms with Crippen molar-refractivity contribution in [3.05, 3.63) is 42.1 Å². The molecule has 0 unspecified atom stereocenters. The first-order valence-corrected chi connectivity index (χ1v) is 6.64. The van der Waals surface area contributed by atoms with E-state index >= 15 is 0 Å². The summed E-state index contributed by atoms with van der Waals surface area (Å²) in [5.74, 6) is 0. The number of nitrogens with one attached hydrogen (secondary N) is 2. The van der Waals surface area contributed by atoms with E-state index in [9.17, 15) is 0 Å². The van der Waals surface area contributed by atoms with Crippen LogP contribution in [0.2, 0.25) is 0 Å². The maximum atomic E-state index is 4.97. The smallest absolute Gasteiger partial charge is 0.0702 e. The van der Waals surface area contributed by atoms with Crippen LogP contribution in [0.4, 0.5) is 0 Å². The van der Waals surface area contributed by atoms with E-state index in [1.165, 1.54) is 10.9 Å². The Labute approximate surface area is 114 Å². The third-order valence-corrected chi connectivity index (χ3v) is 2.96. The molecule has 0 bridgehead atoms. The second-order valence-electron chi connectivity index (χ2n) is 4.45. The SMILES string of the molecule is COCCNCCNCc1ccc2ncccc2c1. The van der Waals surface area contributed by atoms with Crippen molar-refractivity contribution in [2.24, 2.45) is 0 Å². The Kier molecular flexibility index (Phi) is 5.75. The average molecular weight is 259 g/mol. The Morgan fingerprint density at radius 1 is 1.11 bits per heavy atom. The lowest BCUT2D eigenvalue weighted by molar-refractivity contribution is 0.199. The predicted octanol–water partition coefficient (Wildman–Crippen LogP) is 1.56. The number of nitrogens with zero attached hydrogens (tertiary/aromatic N) is 1. The van der Waals surface area contributed by atoms with E-state index in [2.05, 4.69) is 39.9 Å². The maximum Gasteiger partial charge on any atom is 0.0702 e. The molecule has 0 amide bonds. The number of hydrogen-bond donors (Lipinski definition) is 2. The van der Waals surface area contributed by atoms with Crippen molar-refractivity contribution in [3.8, 4) is 0 Å². The number of pyridine rings is 1. The zero-order valence-corrected chi connectivity index (χ0v) is 11.4. The molecule has 19 heavy (non-hydrogen) atoms. The maximum absolute atomic E-state index is 4.97. The standard InChI is InChI=1S/C15H21N3O/c1-19-10-9-16-7-8-17-12-13-4-5-15-14(11-13)3-2-6-18-15/h2-6,11,16-17H,7-10,12H2,1H3. The van der Waals surface area contributed by atoms with Gasteiger partial charge < -0.3 is 15.4 Å². The Morgan fingerprint density at radius 3 is 2.89 bits per heavy atom. The third kappa shape index (κ3) is 4.59. The highest BCUT2D eigenvalue weighted by molar-refractivity contribution is 5.78. The monoisotopic (exact) mass is 259 g/mol. The summed E-state index contributed by atoms with van der Waals surface area (Å²) in [4.78, 5) is 4.32. The van der Waals surface area contributed by atoms with Gasteiger partial charge in [-0.1, -0.05) is 12.1 Å². The van der Waals surface area contributed by atoms with Gasteiger partial charge in [0, 0.05) is 44.9 Å². The van der Waals surface area contributed by atoms with Crippen molar-refractivity contribution in [1.29, 1.82) is 0 Å². The number of rotatable bonds is 8. The summed E-state index contributed by atoms with van der Waals surface area (Å²) < 4.78 is 4.97. The first-order valence-electron chi connectivity index (χ1n) is 6.64. The Balaban J connectivity index is 1.72. The molecule has 0 spiro atoms. The van der Waals surface area contributed by atoms with E-state index < -0.39 is 0 Å². The third-order valence-electron chi connectivity index (χ3n) is 2.96. The fourth-order valence-corrected chi connectivity index (χ4v) is 1.94. The van der Waals surface area contributed by atoms with E-state index in [-0.39, 0.29) is 0 Å². The highest BCUT2D eigenvalue weighted by Gasteiger charge is 1.96. The topological polar surface area (TPSA) is 46.2 Å². The number of methoxy groups -OCH3 is 1. The summed E-state index contributed by atoms with van der Waals surface area (Å²) in [5, 5.41) is 7.92. The minimum atomic E-state index is 0.762. The molecule has 0 radical (unpaired) electrons. The molecule has 0 saturated heterocycles. The Bertz CT molecular complexity index is 501. The average Bonchev–Trinajstić information content (AvgIpc) is 2.46. The van der Waals surface area contributed by atoms with E-state index in [0.29, 0.717) is 0 Å². The number of aromatic nitrogens is 1. The number of fused-ring (bicyclic) bond motifs is 1. The molecule has 2 aromatic rings. The molecule has 1 heterocycles. The zero-order valence-electron chi connectivity index (χ0n) is 11.4. The van der Waals surface area contributed by atoms with Crippen molar-refractivity contribution >= 4 is 10.9 Å². The van der Waals surface area contributed by atoms with Crippen LogP contribution in [0.25, 0.3) is 10.9 Å². The molecule has 0 aliphatic rings. The summed E-state index contributed by atoms with van der Waals surface area (Å²) in [7, 11) is 1.72. The molecule has 0 aliphatic carbocycles. The van der Waals surface area contributed by atoms with Gasteiger partial charge >= 0.3 is 0 Å². The van der Waals surface area contributed by atoms with Gasteiger partial charge in [-0.25, -0.2) is 0 Å². The van der Waals surface area contributed by atoms with Crippen LogP contribution in [0.1, 0.15) is 5.56 Å². The first-order chi connectivity index (χ1) is 9.40. The summed E-state index contributed by atoms with van der Waals surface area (Å²) in [6, 6.07) is 10.5. The van der Waals surface area contributed by atoms with Crippen molar-refractivity contribution in [3.63, 3.8) is 0 Å². The number of ether oxygens (including phenoxy) is 1. The molecule has 0 saturated carbocycles. The van der Waals surface area contributed by atoms with Gasteiger partial charge in [-0.2, -0.15) is 0 Å². The molecule has 4 nitrogen and oxygen atoms in total. The molecule has 102 valence electrons. The predicted molar refractivity (Wildman–Crippen MR) is 78.2 cm³/mol. The van der Waals surface area contributed by atoms with Crippen LogP contribution < -0.4 is 10.6 Å². The van der Waals surface area contributed by atoms with Crippen LogP contribution >= 0.6 is 0 Å². The number of benzene rings is 1. The quantitative estimate of drug-likeness (QED) is 0.706. The van der Waals surface area contributed by atoms with Gasteiger partial charge in [-0.3, -0.25) is 4.98 Å². The second kappa shape index (κ2) is 7.84. The lowest BCUT2D eigenvalue weighted by atomic mass is 10.1. The molecule has 0 fully saturated rings. The van der Waals surface area contributed by atoms with E-state index in [1.807, 2.05) is 12.3 Å². The largest absolute Gasteiger partial charge is 0.383 e. The zero-order chi connectivity index (χ0) is 13.3. The van der Waals surface area contributed by atoms with Crippen molar-refractivity contribution in [2.75, 3.05) is 33.4 Å². The highest BCUT2D eigenvalue weighted by Crippen LogP contribution is 2.12. The summed E-state index contributed by atoms with van der Waals surface area (Å²) in [6.07, 6.45) is 1.83. The molecular formula is C15H21N3O. The van der Waals surface area contributed by atoms with Crippen molar-refractivity contribution in [1.82, 2.24) is 15.6 Å². The van der Waals surface area contributed by atoms with Gasteiger partial charge in [0.2, 0.25) is 0 Å². The summed E-state index contributed by atoms with van der Waals surface area (Å²) in [5.41, 5.74) is 2.34. The van der Waals surface area contributed by atoms with E-state index in [1.54, 1.807) is 7.11 Å². The Hall–Kier alpha value is -1.49.